The molecule has 1 rings (SSSR count). The van der Waals surface area contributed by atoms with Crippen LogP contribution >= 0.6 is 0 Å². The van der Waals surface area contributed by atoms with Crippen LogP contribution in [0.3, 0.4) is 0 Å². The zero-order chi connectivity index (χ0) is 14.1. The highest BCUT2D eigenvalue weighted by molar-refractivity contribution is 5.25. The second-order valence-corrected chi connectivity index (χ2v) is 5.28. The lowest BCUT2D eigenvalue weighted by atomic mass is 10.00. The fourth-order valence-corrected chi connectivity index (χ4v) is 2.25. The quantitative estimate of drug-likeness (QED) is 0.694. The number of likely N-dealkylation sites (N-methyl/N-ethyl adjacent to an activating group) is 1. The highest BCUT2D eigenvalue weighted by Crippen LogP contribution is 2.15. The summed E-state index contributed by atoms with van der Waals surface area (Å²) in [5.74, 6) is 0.568. The number of rotatable bonds is 9. The maximum absolute atomic E-state index is 5.07. The Balaban J connectivity index is 2.43. The van der Waals surface area contributed by atoms with Gasteiger partial charge in [-0.1, -0.05) is 31.2 Å². The van der Waals surface area contributed by atoms with Crippen molar-refractivity contribution >= 4 is 0 Å². The highest BCUT2D eigenvalue weighted by Gasteiger charge is 2.05. The summed E-state index contributed by atoms with van der Waals surface area (Å²) in [6.45, 7) is 6.19. The van der Waals surface area contributed by atoms with Gasteiger partial charge in [-0.3, -0.25) is 0 Å². The molecule has 0 heterocycles. The molecule has 1 unspecified atom stereocenters. The molecule has 1 aromatic rings. The average Bonchev–Trinajstić information content (AvgIpc) is 2.40. The maximum atomic E-state index is 5.07. The summed E-state index contributed by atoms with van der Waals surface area (Å²) in [5.41, 5.74) is 2.78. The molecule has 0 aliphatic carbocycles. The molecular formula is C16H28N2O. The molecule has 0 aliphatic heterocycles. The van der Waals surface area contributed by atoms with E-state index in [1.54, 1.807) is 7.11 Å². The van der Waals surface area contributed by atoms with Crippen molar-refractivity contribution in [1.29, 1.82) is 0 Å². The van der Waals surface area contributed by atoms with Crippen molar-refractivity contribution in [2.24, 2.45) is 0 Å². The van der Waals surface area contributed by atoms with Crippen LogP contribution in [-0.4, -0.2) is 45.8 Å². The van der Waals surface area contributed by atoms with Gasteiger partial charge in [0.1, 0.15) is 0 Å². The van der Waals surface area contributed by atoms with Gasteiger partial charge < -0.3 is 15.0 Å². The van der Waals surface area contributed by atoms with Gasteiger partial charge in [0.05, 0.1) is 0 Å². The summed E-state index contributed by atoms with van der Waals surface area (Å²) < 4.78 is 5.07. The van der Waals surface area contributed by atoms with E-state index in [4.69, 9.17) is 4.74 Å². The van der Waals surface area contributed by atoms with Gasteiger partial charge in [0, 0.05) is 33.4 Å². The van der Waals surface area contributed by atoms with Crippen molar-refractivity contribution < 1.29 is 4.74 Å². The van der Waals surface area contributed by atoms with E-state index in [1.807, 2.05) is 7.05 Å². The van der Waals surface area contributed by atoms with Crippen LogP contribution in [0.2, 0.25) is 0 Å². The number of benzene rings is 1. The Morgan fingerprint density at radius 1 is 1.26 bits per heavy atom. The Labute approximate surface area is 118 Å². The predicted molar refractivity (Wildman–Crippen MR) is 81.6 cm³/mol. The smallest absolute Gasteiger partial charge is 0.0474 e. The lowest BCUT2D eigenvalue weighted by molar-refractivity contribution is 0.178. The molecule has 0 saturated carbocycles. The summed E-state index contributed by atoms with van der Waals surface area (Å²) in [6.07, 6.45) is 1.09. The standard InChI is InChI=1S/C16H28N2O/c1-14(12-17-2)16-8-6-15(7-9-16)13-18(3)10-5-11-19-4/h6-9,14,17H,5,10-13H2,1-4H3. The Kier molecular flexibility index (Phi) is 7.72. The molecule has 1 N–H and O–H groups in total. The normalized spacial score (nSPS) is 12.9. The van der Waals surface area contributed by atoms with E-state index in [1.165, 1.54) is 11.1 Å². The van der Waals surface area contributed by atoms with Gasteiger partial charge in [-0.15, -0.1) is 0 Å². The van der Waals surface area contributed by atoms with Gasteiger partial charge >= 0.3 is 0 Å². The molecule has 1 atom stereocenters. The molecule has 0 spiro atoms. The molecule has 0 aromatic heterocycles. The number of nitrogens with one attached hydrogen (secondary N) is 1. The van der Waals surface area contributed by atoms with E-state index in [0.29, 0.717) is 5.92 Å². The fourth-order valence-electron chi connectivity index (χ4n) is 2.25. The van der Waals surface area contributed by atoms with E-state index in [-0.39, 0.29) is 0 Å². The van der Waals surface area contributed by atoms with Crippen molar-refractivity contribution in [3.8, 4) is 0 Å². The van der Waals surface area contributed by atoms with Gasteiger partial charge in [-0.25, -0.2) is 0 Å². The first-order chi connectivity index (χ1) is 9.17. The van der Waals surface area contributed by atoms with E-state index in [0.717, 1.165) is 32.7 Å². The summed E-state index contributed by atoms with van der Waals surface area (Å²) >= 11 is 0. The lowest BCUT2D eigenvalue weighted by Gasteiger charge is -2.17. The first-order valence-electron chi connectivity index (χ1n) is 7.08. The van der Waals surface area contributed by atoms with Crippen LogP contribution in [0.25, 0.3) is 0 Å². The van der Waals surface area contributed by atoms with Gasteiger partial charge in [-0.05, 0) is 37.6 Å². The third-order valence-electron chi connectivity index (χ3n) is 3.40. The molecular weight excluding hydrogens is 236 g/mol. The van der Waals surface area contributed by atoms with Gasteiger partial charge in [0.25, 0.3) is 0 Å². The molecule has 0 amide bonds. The number of nitrogens with zero attached hydrogens (tertiary/aromatic N) is 1. The molecule has 0 bridgehead atoms. The summed E-state index contributed by atoms with van der Waals surface area (Å²) in [4.78, 5) is 2.34. The number of hydrogen-bond donors (Lipinski definition) is 1. The molecule has 0 aliphatic rings. The Morgan fingerprint density at radius 3 is 2.53 bits per heavy atom. The Morgan fingerprint density at radius 2 is 1.95 bits per heavy atom. The second kappa shape index (κ2) is 9.08. The average molecular weight is 264 g/mol. The van der Waals surface area contributed by atoms with E-state index in [9.17, 15) is 0 Å². The topological polar surface area (TPSA) is 24.5 Å². The lowest BCUT2D eigenvalue weighted by Crippen LogP contribution is -2.20. The molecule has 3 heteroatoms. The molecule has 108 valence electrons. The van der Waals surface area contributed by atoms with Crippen molar-refractivity contribution in [1.82, 2.24) is 10.2 Å². The van der Waals surface area contributed by atoms with Crippen LogP contribution in [0.4, 0.5) is 0 Å². The summed E-state index contributed by atoms with van der Waals surface area (Å²) in [5, 5.41) is 3.22. The molecule has 1 aromatic carbocycles. The Bertz CT molecular complexity index is 337. The summed E-state index contributed by atoms with van der Waals surface area (Å²) in [6, 6.07) is 8.99. The van der Waals surface area contributed by atoms with Crippen LogP contribution in [0.1, 0.15) is 30.4 Å². The predicted octanol–water partition coefficient (Wildman–Crippen LogP) is 2.48. The molecule has 19 heavy (non-hydrogen) atoms. The minimum Gasteiger partial charge on any atom is -0.385 e. The van der Waals surface area contributed by atoms with Gasteiger partial charge in [0.15, 0.2) is 0 Å². The molecule has 0 fully saturated rings. The van der Waals surface area contributed by atoms with Crippen LogP contribution in [-0.2, 0) is 11.3 Å². The van der Waals surface area contributed by atoms with Gasteiger partial charge in [0.2, 0.25) is 0 Å². The zero-order valence-electron chi connectivity index (χ0n) is 12.8. The van der Waals surface area contributed by atoms with Gasteiger partial charge in [-0.2, -0.15) is 0 Å². The molecule has 3 nitrogen and oxygen atoms in total. The fraction of sp³-hybridized carbons (Fsp3) is 0.625. The highest BCUT2D eigenvalue weighted by atomic mass is 16.5. The van der Waals surface area contributed by atoms with E-state index >= 15 is 0 Å². The number of hydrogen-bond acceptors (Lipinski definition) is 3. The minimum absolute atomic E-state index is 0.568. The molecule has 0 saturated heterocycles. The monoisotopic (exact) mass is 264 g/mol. The zero-order valence-corrected chi connectivity index (χ0v) is 12.8. The number of ether oxygens (including phenoxy) is 1. The third kappa shape index (κ3) is 6.19. The first kappa shape index (κ1) is 16.2. The molecule has 0 radical (unpaired) electrons. The SMILES string of the molecule is CNCC(C)c1ccc(CN(C)CCCOC)cc1. The Hall–Kier alpha value is -0.900. The van der Waals surface area contributed by atoms with Crippen molar-refractivity contribution in [2.45, 2.75) is 25.8 Å². The second-order valence-electron chi connectivity index (χ2n) is 5.28. The minimum atomic E-state index is 0.568. The largest absolute Gasteiger partial charge is 0.385 e. The van der Waals surface area contributed by atoms with Crippen LogP contribution in [0, 0.1) is 0 Å². The summed E-state index contributed by atoms with van der Waals surface area (Å²) in [7, 11) is 5.91. The van der Waals surface area contributed by atoms with Crippen molar-refractivity contribution in [3.05, 3.63) is 35.4 Å². The maximum Gasteiger partial charge on any atom is 0.0474 e. The van der Waals surface area contributed by atoms with Crippen molar-refractivity contribution in [3.63, 3.8) is 0 Å². The number of methoxy groups -OCH3 is 1. The van der Waals surface area contributed by atoms with Crippen LogP contribution in [0.15, 0.2) is 24.3 Å². The van der Waals surface area contributed by atoms with E-state index in [2.05, 4.69) is 48.5 Å². The first-order valence-corrected chi connectivity index (χ1v) is 7.08. The van der Waals surface area contributed by atoms with Crippen molar-refractivity contribution in [2.75, 3.05) is 40.9 Å². The van der Waals surface area contributed by atoms with Crippen LogP contribution in [0.5, 0.6) is 0 Å². The van der Waals surface area contributed by atoms with E-state index < -0.39 is 0 Å². The van der Waals surface area contributed by atoms with Crippen LogP contribution < -0.4 is 5.32 Å². The third-order valence-corrected chi connectivity index (χ3v) is 3.40.